The van der Waals surface area contributed by atoms with Gasteiger partial charge in [-0.05, 0) is 0 Å². The molecule has 16 heavy (non-hydrogen) atoms. The molecular weight excluding hydrogens is 259 g/mol. The fourth-order valence-electron chi connectivity index (χ4n) is 0.823. The molecule has 1 aromatic rings. The minimum absolute atomic E-state index is 0.208. The van der Waals surface area contributed by atoms with Gasteiger partial charge in [0.1, 0.15) is 4.88 Å². The first-order chi connectivity index (χ1) is 7.07. The van der Waals surface area contributed by atoms with Gasteiger partial charge in [-0.15, -0.1) is 0 Å². The number of thiazole rings is 1. The summed E-state index contributed by atoms with van der Waals surface area (Å²) in [6.45, 7) is 0. The molecule has 0 fully saturated rings. The highest BCUT2D eigenvalue weighted by molar-refractivity contribution is 7.15. The zero-order valence-electron chi connectivity index (χ0n) is 7.18. The van der Waals surface area contributed by atoms with Crippen molar-refractivity contribution >= 4 is 22.4 Å². The molecule has 1 heterocycles. The van der Waals surface area contributed by atoms with Crippen molar-refractivity contribution in [2.24, 2.45) is 0 Å². The first-order valence-electron chi connectivity index (χ1n) is 3.52. The second-order valence-electron chi connectivity index (χ2n) is 2.61. The van der Waals surface area contributed by atoms with E-state index in [1.165, 1.54) is 0 Å². The monoisotopic (exact) mass is 262 g/mol. The van der Waals surface area contributed by atoms with E-state index in [1.54, 1.807) is 0 Å². The number of aromatic carboxylic acids is 1. The summed E-state index contributed by atoms with van der Waals surface area (Å²) in [5, 5.41) is 7.73. The summed E-state index contributed by atoms with van der Waals surface area (Å²) in [4.78, 5) is 11.6. The van der Waals surface area contributed by atoms with Crippen LogP contribution in [-0.4, -0.2) is 22.2 Å². The Labute approximate surface area is 88.5 Å². The molecule has 0 aliphatic heterocycles. The summed E-state index contributed by atoms with van der Waals surface area (Å²) in [5.74, 6) is -7.28. The van der Waals surface area contributed by atoms with Crippen LogP contribution in [0.25, 0.3) is 0 Å². The van der Waals surface area contributed by atoms with Gasteiger partial charge in [-0.2, -0.15) is 22.0 Å². The number of hydrogen-bond donors (Lipinski definition) is 2. The predicted molar refractivity (Wildman–Crippen MR) is 43.4 cm³/mol. The molecule has 0 spiro atoms. The smallest absolute Gasteiger partial charge is 0.459 e. The Morgan fingerprint density at radius 2 is 1.81 bits per heavy atom. The maximum atomic E-state index is 12.8. The maximum Gasteiger partial charge on any atom is 0.459 e. The Hall–Kier alpha value is -1.45. The van der Waals surface area contributed by atoms with Crippen LogP contribution in [0.1, 0.15) is 15.4 Å². The Morgan fingerprint density at radius 1 is 1.31 bits per heavy atom. The van der Waals surface area contributed by atoms with E-state index in [2.05, 4.69) is 4.98 Å². The molecule has 90 valence electrons. The standard InChI is InChI=1S/C6H3F5N2O2S/c7-5(8,6(9,10)11)2-1(3(14)15)13-4(12)16-2/h(H2,12,13)(H,14,15). The highest BCUT2D eigenvalue weighted by Crippen LogP contribution is 2.47. The van der Waals surface area contributed by atoms with Crippen LogP contribution < -0.4 is 5.73 Å². The first-order valence-corrected chi connectivity index (χ1v) is 4.33. The Balaban J connectivity index is 3.38. The van der Waals surface area contributed by atoms with Crippen LogP contribution in [0.2, 0.25) is 0 Å². The molecule has 10 heteroatoms. The Kier molecular flexibility index (Phi) is 2.79. The lowest BCUT2D eigenvalue weighted by Gasteiger charge is -2.17. The summed E-state index contributed by atoms with van der Waals surface area (Å²) < 4.78 is 61.5. The fraction of sp³-hybridized carbons (Fsp3) is 0.333. The predicted octanol–water partition coefficient (Wildman–Crippen LogP) is 2.08. The van der Waals surface area contributed by atoms with Crippen molar-refractivity contribution in [1.82, 2.24) is 4.98 Å². The van der Waals surface area contributed by atoms with Gasteiger partial charge in [0.25, 0.3) is 0 Å². The summed E-state index contributed by atoms with van der Waals surface area (Å²) in [7, 11) is 0. The largest absolute Gasteiger partial charge is 0.476 e. The number of aromatic nitrogens is 1. The lowest BCUT2D eigenvalue weighted by molar-refractivity contribution is -0.288. The van der Waals surface area contributed by atoms with Crippen molar-refractivity contribution in [2.75, 3.05) is 5.73 Å². The number of nitrogens with two attached hydrogens (primary N) is 1. The lowest BCUT2D eigenvalue weighted by Crippen LogP contribution is -2.34. The van der Waals surface area contributed by atoms with Crippen molar-refractivity contribution in [1.29, 1.82) is 0 Å². The molecule has 0 aliphatic carbocycles. The minimum atomic E-state index is -5.89. The van der Waals surface area contributed by atoms with E-state index in [1.807, 2.05) is 0 Å². The molecule has 0 saturated carbocycles. The molecule has 0 bridgehead atoms. The highest BCUT2D eigenvalue weighted by atomic mass is 32.1. The normalized spacial score (nSPS) is 12.8. The zero-order valence-corrected chi connectivity index (χ0v) is 7.99. The molecule has 0 radical (unpaired) electrons. The fourth-order valence-corrected chi connectivity index (χ4v) is 1.64. The quantitative estimate of drug-likeness (QED) is 0.800. The van der Waals surface area contributed by atoms with Gasteiger partial charge in [-0.3, -0.25) is 0 Å². The van der Waals surface area contributed by atoms with E-state index < -0.39 is 33.8 Å². The topological polar surface area (TPSA) is 76.2 Å². The van der Waals surface area contributed by atoms with Crippen LogP contribution >= 0.6 is 11.3 Å². The molecule has 0 saturated heterocycles. The number of rotatable bonds is 2. The van der Waals surface area contributed by atoms with Crippen LogP contribution in [0.15, 0.2) is 0 Å². The summed E-state index contributed by atoms with van der Waals surface area (Å²) in [5.41, 5.74) is 3.52. The van der Waals surface area contributed by atoms with Crippen LogP contribution in [0.3, 0.4) is 0 Å². The number of carbonyl (C=O) groups is 1. The van der Waals surface area contributed by atoms with Crippen LogP contribution in [0.4, 0.5) is 27.1 Å². The second-order valence-corrected chi connectivity index (χ2v) is 3.64. The molecule has 1 rings (SSSR count). The molecule has 0 amide bonds. The van der Waals surface area contributed by atoms with E-state index in [0.29, 0.717) is 0 Å². The molecule has 0 aromatic carbocycles. The van der Waals surface area contributed by atoms with Crippen LogP contribution in [0.5, 0.6) is 0 Å². The van der Waals surface area contributed by atoms with Crippen molar-refractivity contribution in [3.8, 4) is 0 Å². The molecule has 1 aromatic heterocycles. The van der Waals surface area contributed by atoms with E-state index >= 15 is 0 Å². The van der Waals surface area contributed by atoms with Gasteiger partial charge >= 0.3 is 18.1 Å². The number of nitrogen functional groups attached to an aromatic ring is 1. The summed E-state index contributed by atoms with van der Waals surface area (Å²) >= 11 is -0.208. The van der Waals surface area contributed by atoms with Gasteiger partial charge in [0, 0.05) is 0 Å². The molecule has 0 unspecified atom stereocenters. The molecule has 3 N–H and O–H groups in total. The number of carboxylic acid groups (broad SMARTS) is 1. The van der Waals surface area contributed by atoms with Crippen molar-refractivity contribution in [3.63, 3.8) is 0 Å². The van der Waals surface area contributed by atoms with Crippen LogP contribution in [-0.2, 0) is 5.92 Å². The summed E-state index contributed by atoms with van der Waals surface area (Å²) in [6, 6.07) is 0. The average molecular weight is 262 g/mol. The lowest BCUT2D eigenvalue weighted by atomic mass is 10.2. The Morgan fingerprint density at radius 3 is 2.19 bits per heavy atom. The highest BCUT2D eigenvalue weighted by Gasteiger charge is 2.61. The first kappa shape index (κ1) is 12.6. The third kappa shape index (κ3) is 1.92. The van der Waals surface area contributed by atoms with E-state index in [-0.39, 0.29) is 11.3 Å². The van der Waals surface area contributed by atoms with E-state index in [0.717, 1.165) is 0 Å². The molecular formula is C6H3F5N2O2S. The zero-order chi connectivity index (χ0) is 12.7. The van der Waals surface area contributed by atoms with Gasteiger partial charge in [0.2, 0.25) is 0 Å². The Bertz CT molecular complexity index is 427. The number of halogens is 5. The van der Waals surface area contributed by atoms with Gasteiger partial charge in [0.05, 0.1) is 0 Å². The number of hydrogen-bond acceptors (Lipinski definition) is 4. The van der Waals surface area contributed by atoms with Gasteiger partial charge < -0.3 is 10.8 Å². The van der Waals surface area contributed by atoms with Crippen molar-refractivity contribution in [2.45, 2.75) is 12.1 Å². The summed E-state index contributed by atoms with van der Waals surface area (Å²) in [6.07, 6.45) is -5.89. The van der Waals surface area contributed by atoms with E-state index in [9.17, 15) is 26.7 Å². The van der Waals surface area contributed by atoms with Crippen LogP contribution in [0, 0.1) is 0 Å². The maximum absolute atomic E-state index is 12.8. The number of alkyl halides is 5. The molecule has 0 atom stereocenters. The molecule has 4 nitrogen and oxygen atoms in total. The second kappa shape index (κ2) is 3.54. The molecule has 0 aliphatic rings. The number of anilines is 1. The SMILES string of the molecule is Nc1nc(C(=O)O)c(C(F)(F)C(F)(F)F)s1. The number of nitrogens with zero attached hydrogens (tertiary/aromatic N) is 1. The number of carboxylic acids is 1. The van der Waals surface area contributed by atoms with Crippen molar-refractivity contribution < 1.29 is 31.9 Å². The average Bonchev–Trinajstić information content (AvgIpc) is 2.45. The third-order valence-electron chi connectivity index (χ3n) is 1.49. The van der Waals surface area contributed by atoms with E-state index in [4.69, 9.17) is 10.8 Å². The van der Waals surface area contributed by atoms with Crippen molar-refractivity contribution in [3.05, 3.63) is 10.6 Å². The minimum Gasteiger partial charge on any atom is -0.476 e. The van der Waals surface area contributed by atoms with Gasteiger partial charge in [-0.25, -0.2) is 9.78 Å². The third-order valence-corrected chi connectivity index (χ3v) is 2.44. The van der Waals surface area contributed by atoms with Gasteiger partial charge in [-0.1, -0.05) is 11.3 Å². The van der Waals surface area contributed by atoms with Gasteiger partial charge in [0.15, 0.2) is 10.8 Å².